The molecule has 26 heavy (non-hydrogen) atoms. The van der Waals surface area contributed by atoms with Crippen LogP contribution in [0.25, 0.3) is 17.0 Å². The van der Waals surface area contributed by atoms with Gasteiger partial charge in [0.05, 0.1) is 0 Å². The van der Waals surface area contributed by atoms with Crippen molar-refractivity contribution in [3.05, 3.63) is 66.0 Å². The number of aryl methyl sites for hydroxylation is 1. The molecule has 0 radical (unpaired) electrons. The summed E-state index contributed by atoms with van der Waals surface area (Å²) in [4.78, 5) is 13.3. The molecule has 0 unspecified atom stereocenters. The van der Waals surface area contributed by atoms with Crippen molar-refractivity contribution in [3.63, 3.8) is 0 Å². The number of hydrogen-bond acceptors (Lipinski definition) is 6. The quantitative estimate of drug-likeness (QED) is 0.599. The van der Waals surface area contributed by atoms with Crippen LogP contribution in [-0.4, -0.2) is 36.1 Å². The lowest BCUT2D eigenvalue weighted by Crippen LogP contribution is -2.11. The van der Waals surface area contributed by atoms with Crippen LogP contribution in [0.3, 0.4) is 0 Å². The molecule has 0 saturated heterocycles. The highest BCUT2D eigenvalue weighted by atomic mass is 15.2. The van der Waals surface area contributed by atoms with Crippen molar-refractivity contribution in [2.45, 2.75) is 20.3 Å². The molecule has 0 saturated carbocycles. The number of nitrogens with zero attached hydrogens (tertiary/aromatic N) is 6. The molecule has 4 heterocycles. The Balaban J connectivity index is 1.53. The molecule has 0 fully saturated rings. The molecule has 4 aromatic rings. The van der Waals surface area contributed by atoms with E-state index in [1.807, 2.05) is 54.8 Å². The minimum absolute atomic E-state index is 0.700. The summed E-state index contributed by atoms with van der Waals surface area (Å²) in [6, 6.07) is 9.71. The molecule has 0 aliphatic heterocycles. The number of rotatable bonds is 5. The van der Waals surface area contributed by atoms with Gasteiger partial charge in [0, 0.05) is 48.4 Å². The minimum atomic E-state index is 0.700. The fraction of sp³-hybridized carbons (Fsp3) is 0.211. The summed E-state index contributed by atoms with van der Waals surface area (Å²) in [5.74, 6) is 2.47. The van der Waals surface area contributed by atoms with Crippen molar-refractivity contribution in [1.82, 2.24) is 29.5 Å². The first kappa shape index (κ1) is 16.1. The normalized spacial score (nSPS) is 11.0. The Morgan fingerprint density at radius 3 is 2.69 bits per heavy atom. The first-order chi connectivity index (χ1) is 12.7. The molecule has 130 valence electrons. The number of hydrogen-bond donors (Lipinski definition) is 1. The summed E-state index contributed by atoms with van der Waals surface area (Å²) in [7, 11) is 0. The van der Waals surface area contributed by atoms with Crippen LogP contribution in [0.15, 0.2) is 48.9 Å². The molecule has 0 atom stereocenters. The van der Waals surface area contributed by atoms with Crippen molar-refractivity contribution in [1.29, 1.82) is 0 Å². The maximum Gasteiger partial charge on any atom is 0.161 e. The monoisotopic (exact) mass is 345 g/mol. The van der Waals surface area contributed by atoms with E-state index in [2.05, 4.69) is 25.5 Å². The van der Waals surface area contributed by atoms with Gasteiger partial charge in [-0.15, -0.1) is 10.2 Å². The summed E-state index contributed by atoms with van der Waals surface area (Å²) in [5.41, 5.74) is 3.82. The van der Waals surface area contributed by atoms with Gasteiger partial charge in [0.1, 0.15) is 11.6 Å². The number of anilines is 1. The van der Waals surface area contributed by atoms with E-state index in [0.29, 0.717) is 12.4 Å². The van der Waals surface area contributed by atoms with Gasteiger partial charge in [-0.05, 0) is 38.1 Å². The zero-order chi connectivity index (χ0) is 17.9. The molecule has 0 aromatic carbocycles. The van der Waals surface area contributed by atoms with Gasteiger partial charge in [0.2, 0.25) is 0 Å². The van der Waals surface area contributed by atoms with Gasteiger partial charge in [0.15, 0.2) is 11.5 Å². The Hall–Kier alpha value is -3.35. The zero-order valence-electron chi connectivity index (χ0n) is 14.7. The number of nitrogens with one attached hydrogen (secondary N) is 1. The summed E-state index contributed by atoms with van der Waals surface area (Å²) >= 11 is 0. The molecular weight excluding hydrogens is 326 g/mol. The van der Waals surface area contributed by atoms with Gasteiger partial charge in [-0.3, -0.25) is 9.38 Å². The SMILES string of the molecule is Cc1nc(-c2ccncc2)nc(NCCc2nnc3ccccn23)c1C. The summed E-state index contributed by atoms with van der Waals surface area (Å²) in [6.45, 7) is 4.74. The van der Waals surface area contributed by atoms with Crippen molar-refractivity contribution in [3.8, 4) is 11.4 Å². The van der Waals surface area contributed by atoms with Crippen LogP contribution < -0.4 is 5.32 Å². The standard InChI is InChI=1S/C19H19N7/c1-13-14(2)22-19(15-6-9-20-10-7-15)23-18(13)21-11-8-17-25-24-16-5-3-4-12-26(16)17/h3-7,9-10,12H,8,11H2,1-2H3,(H,21,22,23). The van der Waals surface area contributed by atoms with Gasteiger partial charge in [-0.25, -0.2) is 9.97 Å². The molecule has 7 heteroatoms. The predicted octanol–water partition coefficient (Wildman–Crippen LogP) is 2.85. The maximum absolute atomic E-state index is 4.69. The Morgan fingerprint density at radius 2 is 1.85 bits per heavy atom. The van der Waals surface area contributed by atoms with Crippen molar-refractivity contribution in [2.24, 2.45) is 0 Å². The van der Waals surface area contributed by atoms with E-state index < -0.39 is 0 Å². The van der Waals surface area contributed by atoms with Crippen molar-refractivity contribution >= 4 is 11.5 Å². The molecule has 0 aliphatic rings. The molecule has 0 amide bonds. The number of fused-ring (bicyclic) bond motifs is 1. The molecular formula is C19H19N7. The van der Waals surface area contributed by atoms with Crippen LogP contribution in [0.4, 0.5) is 5.82 Å². The highest BCUT2D eigenvalue weighted by Gasteiger charge is 2.10. The van der Waals surface area contributed by atoms with E-state index in [4.69, 9.17) is 4.98 Å². The number of aromatic nitrogens is 6. The molecule has 4 rings (SSSR count). The van der Waals surface area contributed by atoms with E-state index in [1.54, 1.807) is 12.4 Å². The summed E-state index contributed by atoms with van der Waals surface area (Å²) in [5, 5.41) is 11.9. The van der Waals surface area contributed by atoms with Gasteiger partial charge in [-0.1, -0.05) is 6.07 Å². The van der Waals surface area contributed by atoms with Crippen molar-refractivity contribution < 1.29 is 0 Å². The third-order valence-electron chi connectivity index (χ3n) is 4.35. The van der Waals surface area contributed by atoms with Gasteiger partial charge in [-0.2, -0.15) is 0 Å². The van der Waals surface area contributed by atoms with Crippen LogP contribution in [0.5, 0.6) is 0 Å². The average molecular weight is 345 g/mol. The Morgan fingerprint density at radius 1 is 1.00 bits per heavy atom. The second kappa shape index (κ2) is 6.87. The van der Waals surface area contributed by atoms with E-state index in [9.17, 15) is 0 Å². The smallest absolute Gasteiger partial charge is 0.161 e. The Kier molecular flexibility index (Phi) is 4.27. The first-order valence-electron chi connectivity index (χ1n) is 8.50. The van der Waals surface area contributed by atoms with E-state index in [0.717, 1.165) is 40.5 Å². The third kappa shape index (κ3) is 3.11. The molecule has 1 N–H and O–H groups in total. The van der Waals surface area contributed by atoms with E-state index in [1.165, 1.54) is 0 Å². The molecule has 0 spiro atoms. The van der Waals surface area contributed by atoms with Gasteiger partial charge in [0.25, 0.3) is 0 Å². The first-order valence-corrected chi connectivity index (χ1v) is 8.50. The van der Waals surface area contributed by atoms with Gasteiger partial charge < -0.3 is 5.32 Å². The van der Waals surface area contributed by atoms with E-state index >= 15 is 0 Å². The Labute approximate surface area is 151 Å². The fourth-order valence-electron chi connectivity index (χ4n) is 2.79. The van der Waals surface area contributed by atoms with Crippen LogP contribution >= 0.6 is 0 Å². The minimum Gasteiger partial charge on any atom is -0.369 e. The van der Waals surface area contributed by atoms with E-state index in [-0.39, 0.29) is 0 Å². The van der Waals surface area contributed by atoms with Crippen molar-refractivity contribution in [2.75, 3.05) is 11.9 Å². The predicted molar refractivity (Wildman–Crippen MR) is 99.9 cm³/mol. The summed E-state index contributed by atoms with van der Waals surface area (Å²) in [6.07, 6.45) is 6.22. The van der Waals surface area contributed by atoms with Crippen LogP contribution in [-0.2, 0) is 6.42 Å². The van der Waals surface area contributed by atoms with Crippen LogP contribution in [0, 0.1) is 13.8 Å². The topological polar surface area (TPSA) is 80.9 Å². The maximum atomic E-state index is 4.69. The summed E-state index contributed by atoms with van der Waals surface area (Å²) < 4.78 is 2.00. The number of pyridine rings is 2. The second-order valence-electron chi connectivity index (χ2n) is 6.06. The molecule has 0 aliphatic carbocycles. The largest absolute Gasteiger partial charge is 0.369 e. The lowest BCUT2D eigenvalue weighted by Gasteiger charge is -2.12. The highest BCUT2D eigenvalue weighted by molar-refractivity contribution is 5.59. The lowest BCUT2D eigenvalue weighted by molar-refractivity contribution is 0.865. The molecule has 0 bridgehead atoms. The van der Waals surface area contributed by atoms with Crippen LogP contribution in [0.2, 0.25) is 0 Å². The second-order valence-corrected chi connectivity index (χ2v) is 6.06. The highest BCUT2D eigenvalue weighted by Crippen LogP contribution is 2.21. The Bertz CT molecular complexity index is 1040. The zero-order valence-corrected chi connectivity index (χ0v) is 14.7. The third-order valence-corrected chi connectivity index (χ3v) is 4.35. The fourth-order valence-corrected chi connectivity index (χ4v) is 2.79. The van der Waals surface area contributed by atoms with Crippen LogP contribution in [0.1, 0.15) is 17.1 Å². The van der Waals surface area contributed by atoms with Gasteiger partial charge >= 0.3 is 0 Å². The molecule has 4 aromatic heterocycles. The lowest BCUT2D eigenvalue weighted by atomic mass is 10.2. The average Bonchev–Trinajstić information content (AvgIpc) is 3.09. The molecule has 7 nitrogen and oxygen atoms in total.